The van der Waals surface area contributed by atoms with E-state index in [9.17, 15) is 4.79 Å². The normalized spacial score (nSPS) is 10.7. The molecular formula is C11H12N2O. The third kappa shape index (κ3) is 1.09. The van der Waals surface area contributed by atoms with Gasteiger partial charge in [0.2, 0.25) is 0 Å². The van der Waals surface area contributed by atoms with Gasteiger partial charge in [-0.2, -0.15) is 0 Å². The topological polar surface area (TPSA) is 58.9 Å². The number of carbonyl (C=O) groups excluding carboxylic acids is 1. The number of nitrogens with one attached hydrogen (secondary N) is 1. The number of fused-ring (bicyclic) bond motifs is 1. The number of hydrogen-bond donors (Lipinski definition) is 2. The molecule has 1 aromatic carbocycles. The minimum atomic E-state index is -0.405. The van der Waals surface area contributed by atoms with Crippen LogP contribution in [0.15, 0.2) is 18.2 Å². The molecular weight excluding hydrogens is 176 g/mol. The van der Waals surface area contributed by atoms with Gasteiger partial charge in [-0.25, -0.2) is 0 Å². The summed E-state index contributed by atoms with van der Waals surface area (Å²) in [5.74, 6) is -0.405. The molecule has 0 unspecified atom stereocenters. The first-order chi connectivity index (χ1) is 6.61. The van der Waals surface area contributed by atoms with Crippen LogP contribution in [-0.2, 0) is 0 Å². The summed E-state index contributed by atoms with van der Waals surface area (Å²) in [7, 11) is 0. The van der Waals surface area contributed by atoms with Gasteiger partial charge >= 0.3 is 0 Å². The van der Waals surface area contributed by atoms with Gasteiger partial charge in [-0.15, -0.1) is 0 Å². The Morgan fingerprint density at radius 1 is 1.36 bits per heavy atom. The van der Waals surface area contributed by atoms with Crippen LogP contribution in [-0.4, -0.2) is 10.9 Å². The van der Waals surface area contributed by atoms with Crippen molar-refractivity contribution in [2.75, 3.05) is 0 Å². The van der Waals surface area contributed by atoms with E-state index >= 15 is 0 Å². The second kappa shape index (κ2) is 2.87. The number of amides is 1. The summed E-state index contributed by atoms with van der Waals surface area (Å²) in [6.45, 7) is 3.93. The molecule has 3 heteroatoms. The quantitative estimate of drug-likeness (QED) is 0.705. The number of benzene rings is 1. The SMILES string of the molecule is Cc1cccc2[nH]c(C(N)=O)c(C)c12. The summed E-state index contributed by atoms with van der Waals surface area (Å²) in [5.41, 5.74) is 8.83. The third-order valence-corrected chi connectivity index (χ3v) is 2.53. The number of aromatic amines is 1. The summed E-state index contributed by atoms with van der Waals surface area (Å²) in [4.78, 5) is 14.1. The first-order valence-corrected chi connectivity index (χ1v) is 4.49. The highest BCUT2D eigenvalue weighted by atomic mass is 16.1. The number of carbonyl (C=O) groups is 1. The van der Waals surface area contributed by atoms with Crippen LogP contribution < -0.4 is 5.73 Å². The van der Waals surface area contributed by atoms with Crippen molar-refractivity contribution in [3.63, 3.8) is 0 Å². The fourth-order valence-corrected chi connectivity index (χ4v) is 1.87. The molecule has 0 aliphatic rings. The van der Waals surface area contributed by atoms with E-state index in [1.165, 1.54) is 0 Å². The van der Waals surface area contributed by atoms with E-state index < -0.39 is 5.91 Å². The smallest absolute Gasteiger partial charge is 0.265 e. The van der Waals surface area contributed by atoms with Crippen molar-refractivity contribution in [1.82, 2.24) is 4.98 Å². The van der Waals surface area contributed by atoms with Crippen LogP contribution in [0.25, 0.3) is 10.9 Å². The molecule has 0 atom stereocenters. The average Bonchev–Trinajstić information content (AvgIpc) is 2.45. The molecule has 1 amide bonds. The zero-order chi connectivity index (χ0) is 10.3. The van der Waals surface area contributed by atoms with Crippen LogP contribution in [0.3, 0.4) is 0 Å². The minimum Gasteiger partial charge on any atom is -0.364 e. The maximum absolute atomic E-state index is 11.1. The number of nitrogens with two attached hydrogens (primary N) is 1. The molecule has 0 fully saturated rings. The number of rotatable bonds is 1. The van der Waals surface area contributed by atoms with Gasteiger partial charge in [-0.1, -0.05) is 12.1 Å². The molecule has 0 radical (unpaired) electrons. The average molecular weight is 188 g/mol. The van der Waals surface area contributed by atoms with Gasteiger partial charge in [0.15, 0.2) is 0 Å². The van der Waals surface area contributed by atoms with E-state index in [0.717, 1.165) is 22.0 Å². The molecule has 2 rings (SSSR count). The summed E-state index contributed by atoms with van der Waals surface area (Å²) in [6.07, 6.45) is 0. The second-order valence-corrected chi connectivity index (χ2v) is 3.49. The molecule has 0 saturated heterocycles. The zero-order valence-corrected chi connectivity index (χ0v) is 8.22. The Balaban J connectivity index is 2.87. The van der Waals surface area contributed by atoms with Gasteiger partial charge in [0.25, 0.3) is 5.91 Å². The van der Waals surface area contributed by atoms with Crippen molar-refractivity contribution in [2.24, 2.45) is 5.73 Å². The van der Waals surface area contributed by atoms with Crippen molar-refractivity contribution < 1.29 is 4.79 Å². The first-order valence-electron chi connectivity index (χ1n) is 4.49. The molecule has 3 nitrogen and oxygen atoms in total. The highest BCUT2D eigenvalue weighted by molar-refractivity contribution is 6.00. The Kier molecular flexibility index (Phi) is 1.81. The van der Waals surface area contributed by atoms with E-state index in [0.29, 0.717) is 5.69 Å². The van der Waals surface area contributed by atoms with E-state index in [-0.39, 0.29) is 0 Å². The van der Waals surface area contributed by atoms with E-state index in [2.05, 4.69) is 4.98 Å². The molecule has 14 heavy (non-hydrogen) atoms. The Morgan fingerprint density at radius 3 is 2.64 bits per heavy atom. The van der Waals surface area contributed by atoms with Crippen molar-refractivity contribution in [1.29, 1.82) is 0 Å². The van der Waals surface area contributed by atoms with E-state index in [1.807, 2.05) is 32.0 Å². The number of primary amides is 1. The molecule has 72 valence electrons. The molecule has 3 N–H and O–H groups in total. The zero-order valence-electron chi connectivity index (χ0n) is 8.22. The Hall–Kier alpha value is -1.77. The molecule has 2 aromatic rings. The van der Waals surface area contributed by atoms with Crippen LogP contribution in [0.5, 0.6) is 0 Å². The molecule has 1 heterocycles. The third-order valence-electron chi connectivity index (χ3n) is 2.53. The second-order valence-electron chi connectivity index (χ2n) is 3.49. The Labute approximate surface area is 81.9 Å². The standard InChI is InChI=1S/C11H12N2O/c1-6-4-3-5-8-9(6)7(2)10(13-8)11(12)14/h3-5,13H,1-2H3,(H2,12,14). The highest BCUT2D eigenvalue weighted by Gasteiger charge is 2.12. The monoisotopic (exact) mass is 188 g/mol. The highest BCUT2D eigenvalue weighted by Crippen LogP contribution is 2.24. The summed E-state index contributed by atoms with van der Waals surface area (Å²) in [6, 6.07) is 5.92. The van der Waals surface area contributed by atoms with E-state index in [1.54, 1.807) is 0 Å². The van der Waals surface area contributed by atoms with Crippen molar-refractivity contribution in [3.8, 4) is 0 Å². The Bertz CT molecular complexity index is 511. The van der Waals surface area contributed by atoms with Gasteiger partial charge in [-0.3, -0.25) is 4.79 Å². The predicted octanol–water partition coefficient (Wildman–Crippen LogP) is 1.88. The predicted molar refractivity (Wildman–Crippen MR) is 56.3 cm³/mol. The maximum atomic E-state index is 11.1. The van der Waals surface area contributed by atoms with Gasteiger partial charge in [0.05, 0.1) is 0 Å². The van der Waals surface area contributed by atoms with Crippen LogP contribution >= 0.6 is 0 Å². The van der Waals surface area contributed by atoms with Gasteiger partial charge < -0.3 is 10.7 Å². The summed E-state index contributed by atoms with van der Waals surface area (Å²) < 4.78 is 0. The molecule has 0 spiro atoms. The van der Waals surface area contributed by atoms with Crippen molar-refractivity contribution >= 4 is 16.8 Å². The summed E-state index contributed by atoms with van der Waals surface area (Å²) in [5, 5.41) is 1.10. The van der Waals surface area contributed by atoms with Crippen LogP contribution in [0, 0.1) is 13.8 Å². The lowest BCUT2D eigenvalue weighted by molar-refractivity contribution is 0.0996. The molecule has 0 saturated carbocycles. The number of hydrogen-bond acceptors (Lipinski definition) is 1. The van der Waals surface area contributed by atoms with Gasteiger partial charge in [-0.05, 0) is 31.0 Å². The summed E-state index contributed by atoms with van der Waals surface area (Å²) >= 11 is 0. The van der Waals surface area contributed by atoms with Crippen LogP contribution in [0.2, 0.25) is 0 Å². The largest absolute Gasteiger partial charge is 0.364 e. The molecule has 0 aliphatic carbocycles. The lowest BCUT2D eigenvalue weighted by Gasteiger charge is -1.96. The molecule has 0 bridgehead atoms. The van der Waals surface area contributed by atoms with Crippen LogP contribution in [0.4, 0.5) is 0 Å². The van der Waals surface area contributed by atoms with E-state index in [4.69, 9.17) is 5.73 Å². The maximum Gasteiger partial charge on any atom is 0.265 e. The fraction of sp³-hybridized carbons (Fsp3) is 0.182. The van der Waals surface area contributed by atoms with Gasteiger partial charge in [0, 0.05) is 10.9 Å². The lowest BCUT2D eigenvalue weighted by Crippen LogP contribution is -2.12. The molecule has 0 aliphatic heterocycles. The van der Waals surface area contributed by atoms with Gasteiger partial charge in [0.1, 0.15) is 5.69 Å². The first kappa shape index (κ1) is 8.81. The molecule has 1 aromatic heterocycles. The minimum absolute atomic E-state index is 0.405. The Morgan fingerprint density at radius 2 is 2.07 bits per heavy atom. The number of aromatic nitrogens is 1. The fourth-order valence-electron chi connectivity index (χ4n) is 1.87. The number of aryl methyl sites for hydroxylation is 2. The van der Waals surface area contributed by atoms with Crippen molar-refractivity contribution in [2.45, 2.75) is 13.8 Å². The van der Waals surface area contributed by atoms with Crippen LogP contribution in [0.1, 0.15) is 21.6 Å². The lowest BCUT2D eigenvalue weighted by atomic mass is 10.1. The van der Waals surface area contributed by atoms with Crippen molar-refractivity contribution in [3.05, 3.63) is 35.0 Å². The number of H-pyrrole nitrogens is 1.